The van der Waals surface area contributed by atoms with E-state index in [1.807, 2.05) is 31.2 Å². The van der Waals surface area contributed by atoms with Gasteiger partial charge in [-0.2, -0.15) is 0 Å². The van der Waals surface area contributed by atoms with E-state index in [0.29, 0.717) is 23.9 Å². The lowest BCUT2D eigenvalue weighted by Crippen LogP contribution is -2.27. The van der Waals surface area contributed by atoms with Crippen molar-refractivity contribution < 1.29 is 4.79 Å². The molecule has 0 saturated heterocycles. The van der Waals surface area contributed by atoms with Crippen LogP contribution in [0.4, 0.5) is 4.79 Å². The maximum absolute atomic E-state index is 11.8. The molecule has 92 valence electrons. The molecule has 0 N–H and O–H groups in total. The lowest BCUT2D eigenvalue weighted by Gasteiger charge is -2.17. The molecule has 0 bridgehead atoms. The molecule has 0 atom stereocenters. The first-order chi connectivity index (χ1) is 8.17. The van der Waals surface area contributed by atoms with E-state index < -0.39 is 0 Å². The molecule has 0 spiro atoms. The smallest absolute Gasteiger partial charge is 0.282 e. The van der Waals surface area contributed by atoms with Crippen LogP contribution in [0.2, 0.25) is 5.02 Å². The summed E-state index contributed by atoms with van der Waals surface area (Å²) in [6, 6.07) is 7.55. The van der Waals surface area contributed by atoms with Gasteiger partial charge in [0.2, 0.25) is 0 Å². The maximum Gasteiger partial charge on any atom is 0.282 e. The zero-order valence-corrected chi connectivity index (χ0v) is 11.4. The van der Waals surface area contributed by atoms with Crippen LogP contribution in [0.25, 0.3) is 0 Å². The highest BCUT2D eigenvalue weighted by molar-refractivity contribution is 8.12. The van der Waals surface area contributed by atoms with Gasteiger partial charge in [-0.3, -0.25) is 4.79 Å². The third-order valence-electron chi connectivity index (χ3n) is 2.26. The topological polar surface area (TPSA) is 20.3 Å². The maximum atomic E-state index is 11.8. The summed E-state index contributed by atoms with van der Waals surface area (Å²) in [6.07, 6.45) is 1.74. The Morgan fingerprint density at radius 2 is 2.12 bits per heavy atom. The van der Waals surface area contributed by atoms with Gasteiger partial charge in [0.05, 0.1) is 0 Å². The van der Waals surface area contributed by atoms with E-state index in [-0.39, 0.29) is 5.24 Å². The molecule has 1 rings (SSSR count). The first-order valence-electron chi connectivity index (χ1n) is 5.44. The second-order valence-electron chi connectivity index (χ2n) is 3.51. The summed E-state index contributed by atoms with van der Waals surface area (Å²) in [5.41, 5.74) is 1.10. The van der Waals surface area contributed by atoms with Crippen LogP contribution in [-0.4, -0.2) is 23.2 Å². The van der Waals surface area contributed by atoms with Gasteiger partial charge in [-0.25, -0.2) is 0 Å². The first-order valence-corrected chi connectivity index (χ1v) is 6.80. The summed E-state index contributed by atoms with van der Waals surface area (Å²) < 4.78 is 0. The molecule has 0 aromatic heterocycles. The molecular formula is C13H16ClNOS. The molecule has 1 amide bonds. The van der Waals surface area contributed by atoms with Crippen LogP contribution in [-0.2, 0) is 5.75 Å². The van der Waals surface area contributed by atoms with Gasteiger partial charge in [-0.15, -0.1) is 6.58 Å². The van der Waals surface area contributed by atoms with Crippen LogP contribution in [0.15, 0.2) is 36.9 Å². The van der Waals surface area contributed by atoms with Crippen LogP contribution in [0, 0.1) is 0 Å². The SMILES string of the molecule is C=CCN(CC)C(=O)SCc1ccc(Cl)cc1. The Kier molecular flexibility index (Phi) is 6.16. The van der Waals surface area contributed by atoms with Crippen LogP contribution in [0.5, 0.6) is 0 Å². The van der Waals surface area contributed by atoms with Crippen LogP contribution in [0.3, 0.4) is 0 Å². The molecule has 0 radical (unpaired) electrons. The van der Waals surface area contributed by atoms with E-state index in [9.17, 15) is 4.79 Å². The quantitative estimate of drug-likeness (QED) is 0.747. The summed E-state index contributed by atoms with van der Waals surface area (Å²) in [4.78, 5) is 13.6. The monoisotopic (exact) mass is 269 g/mol. The number of carbonyl (C=O) groups excluding carboxylic acids is 1. The Hall–Kier alpha value is -0.930. The molecule has 0 aliphatic carbocycles. The average Bonchev–Trinajstić information content (AvgIpc) is 2.35. The Morgan fingerprint density at radius 3 is 2.65 bits per heavy atom. The van der Waals surface area contributed by atoms with Crippen LogP contribution >= 0.6 is 23.4 Å². The summed E-state index contributed by atoms with van der Waals surface area (Å²) in [5, 5.41) is 0.800. The predicted octanol–water partition coefficient (Wildman–Crippen LogP) is 4.20. The number of nitrogens with zero attached hydrogens (tertiary/aromatic N) is 1. The minimum Gasteiger partial charge on any atom is -0.330 e. The molecule has 1 aromatic carbocycles. The molecule has 0 unspecified atom stereocenters. The highest BCUT2D eigenvalue weighted by Gasteiger charge is 2.10. The number of hydrogen-bond donors (Lipinski definition) is 0. The molecule has 0 aliphatic heterocycles. The van der Waals surface area contributed by atoms with Crippen molar-refractivity contribution in [1.82, 2.24) is 4.90 Å². The van der Waals surface area contributed by atoms with Crippen molar-refractivity contribution >= 4 is 28.6 Å². The highest BCUT2D eigenvalue weighted by Crippen LogP contribution is 2.18. The van der Waals surface area contributed by atoms with Crippen molar-refractivity contribution in [3.8, 4) is 0 Å². The number of thioether (sulfide) groups is 1. The average molecular weight is 270 g/mol. The number of likely N-dealkylation sites (N-methyl/N-ethyl adjacent to an activating group) is 1. The van der Waals surface area contributed by atoms with E-state index in [1.54, 1.807) is 11.0 Å². The van der Waals surface area contributed by atoms with Crippen molar-refractivity contribution in [3.63, 3.8) is 0 Å². The van der Waals surface area contributed by atoms with Gasteiger partial charge in [0, 0.05) is 23.9 Å². The largest absolute Gasteiger partial charge is 0.330 e. The number of carbonyl (C=O) groups is 1. The highest BCUT2D eigenvalue weighted by atomic mass is 35.5. The zero-order chi connectivity index (χ0) is 12.7. The summed E-state index contributed by atoms with van der Waals surface area (Å²) in [5.74, 6) is 0.670. The molecule has 0 heterocycles. The van der Waals surface area contributed by atoms with Gasteiger partial charge in [0.1, 0.15) is 0 Å². The second kappa shape index (κ2) is 7.41. The minimum atomic E-state index is 0.0855. The predicted molar refractivity (Wildman–Crippen MR) is 75.6 cm³/mol. The summed E-state index contributed by atoms with van der Waals surface area (Å²) in [6.45, 7) is 6.91. The number of amides is 1. The fourth-order valence-corrected chi connectivity index (χ4v) is 2.30. The third-order valence-corrected chi connectivity index (χ3v) is 3.50. The Morgan fingerprint density at radius 1 is 1.47 bits per heavy atom. The van der Waals surface area contributed by atoms with Crippen molar-refractivity contribution in [1.29, 1.82) is 0 Å². The molecule has 0 saturated carbocycles. The van der Waals surface area contributed by atoms with E-state index in [1.165, 1.54) is 11.8 Å². The van der Waals surface area contributed by atoms with Crippen molar-refractivity contribution in [2.45, 2.75) is 12.7 Å². The van der Waals surface area contributed by atoms with Gasteiger partial charge >= 0.3 is 0 Å². The molecule has 0 aliphatic rings. The third kappa shape index (κ3) is 4.84. The van der Waals surface area contributed by atoms with Gasteiger partial charge in [-0.1, -0.05) is 41.6 Å². The van der Waals surface area contributed by atoms with Crippen LogP contribution < -0.4 is 0 Å². The molecule has 2 nitrogen and oxygen atoms in total. The zero-order valence-electron chi connectivity index (χ0n) is 9.86. The lowest BCUT2D eigenvalue weighted by molar-refractivity contribution is 0.231. The van der Waals surface area contributed by atoms with E-state index in [2.05, 4.69) is 6.58 Å². The van der Waals surface area contributed by atoms with E-state index in [0.717, 1.165) is 5.56 Å². The Labute approximate surface area is 112 Å². The molecule has 1 aromatic rings. The first kappa shape index (κ1) is 14.1. The van der Waals surface area contributed by atoms with Gasteiger partial charge in [0.25, 0.3) is 5.24 Å². The van der Waals surface area contributed by atoms with Crippen molar-refractivity contribution in [2.24, 2.45) is 0 Å². The fraction of sp³-hybridized carbons (Fsp3) is 0.308. The van der Waals surface area contributed by atoms with E-state index >= 15 is 0 Å². The van der Waals surface area contributed by atoms with E-state index in [4.69, 9.17) is 11.6 Å². The molecule has 0 fully saturated rings. The van der Waals surface area contributed by atoms with Gasteiger partial charge in [-0.05, 0) is 24.6 Å². The number of rotatable bonds is 5. The van der Waals surface area contributed by atoms with Crippen LogP contribution in [0.1, 0.15) is 12.5 Å². The summed E-state index contributed by atoms with van der Waals surface area (Å²) in [7, 11) is 0. The second-order valence-corrected chi connectivity index (χ2v) is 4.87. The molecule has 4 heteroatoms. The lowest BCUT2D eigenvalue weighted by atomic mass is 10.2. The normalized spacial score (nSPS) is 10.0. The van der Waals surface area contributed by atoms with Gasteiger partial charge in [0.15, 0.2) is 0 Å². The number of hydrogen-bond acceptors (Lipinski definition) is 2. The van der Waals surface area contributed by atoms with Crippen molar-refractivity contribution in [3.05, 3.63) is 47.5 Å². The Bertz CT molecular complexity index is 378. The standard InChI is InChI=1S/C13H16ClNOS/c1-3-9-15(4-2)13(16)17-10-11-5-7-12(14)8-6-11/h3,5-8H,1,4,9-10H2,2H3. The summed E-state index contributed by atoms with van der Waals surface area (Å²) >= 11 is 7.10. The fourth-order valence-electron chi connectivity index (χ4n) is 1.31. The Balaban J connectivity index is 2.46. The number of halogens is 1. The molecule has 17 heavy (non-hydrogen) atoms. The van der Waals surface area contributed by atoms with Crippen molar-refractivity contribution in [2.75, 3.05) is 13.1 Å². The molecular weight excluding hydrogens is 254 g/mol. The number of benzene rings is 1. The minimum absolute atomic E-state index is 0.0855. The van der Waals surface area contributed by atoms with Gasteiger partial charge < -0.3 is 4.90 Å².